The van der Waals surface area contributed by atoms with E-state index >= 15 is 0 Å². The molecular weight excluding hydrogens is 336 g/mol. The number of thioether (sulfide) groups is 1. The topological polar surface area (TPSA) is 85.9 Å². The van der Waals surface area contributed by atoms with Crippen molar-refractivity contribution in [3.63, 3.8) is 0 Å². The SMILES string of the molecule is O=C(NCCCN1CCNCC1)c1ccc(CSc2ncn[nH]2)cc1. The van der Waals surface area contributed by atoms with Gasteiger partial charge in [-0.1, -0.05) is 23.9 Å². The zero-order chi connectivity index (χ0) is 17.3. The summed E-state index contributed by atoms with van der Waals surface area (Å²) in [6.45, 7) is 6.08. The number of carbonyl (C=O) groups excluding carboxylic acids is 1. The molecule has 0 bridgehead atoms. The van der Waals surface area contributed by atoms with Crippen LogP contribution in [-0.4, -0.2) is 65.3 Å². The maximum atomic E-state index is 12.2. The van der Waals surface area contributed by atoms with Crippen molar-refractivity contribution in [1.29, 1.82) is 0 Å². The largest absolute Gasteiger partial charge is 0.352 e. The maximum absolute atomic E-state index is 12.2. The van der Waals surface area contributed by atoms with Crippen molar-refractivity contribution in [2.75, 3.05) is 39.3 Å². The molecule has 1 aromatic carbocycles. The van der Waals surface area contributed by atoms with E-state index in [-0.39, 0.29) is 5.91 Å². The average molecular weight is 360 g/mol. The maximum Gasteiger partial charge on any atom is 0.251 e. The first-order valence-corrected chi connectivity index (χ1v) is 9.58. The molecule has 0 atom stereocenters. The highest BCUT2D eigenvalue weighted by molar-refractivity contribution is 7.98. The first kappa shape index (κ1) is 17.9. The highest BCUT2D eigenvalue weighted by Gasteiger charge is 2.09. The number of nitrogens with one attached hydrogen (secondary N) is 3. The average Bonchev–Trinajstić information content (AvgIpc) is 3.18. The minimum Gasteiger partial charge on any atom is -0.352 e. The molecule has 134 valence electrons. The second-order valence-electron chi connectivity index (χ2n) is 5.98. The molecule has 25 heavy (non-hydrogen) atoms. The zero-order valence-electron chi connectivity index (χ0n) is 14.2. The van der Waals surface area contributed by atoms with Crippen LogP contribution >= 0.6 is 11.8 Å². The number of benzene rings is 1. The van der Waals surface area contributed by atoms with Crippen LogP contribution in [0.4, 0.5) is 0 Å². The highest BCUT2D eigenvalue weighted by Crippen LogP contribution is 2.18. The van der Waals surface area contributed by atoms with Gasteiger partial charge >= 0.3 is 0 Å². The molecule has 0 spiro atoms. The molecule has 7 nitrogen and oxygen atoms in total. The summed E-state index contributed by atoms with van der Waals surface area (Å²) in [5.41, 5.74) is 1.85. The van der Waals surface area contributed by atoms with E-state index in [1.807, 2.05) is 24.3 Å². The Balaban J connectivity index is 1.36. The first-order chi connectivity index (χ1) is 12.3. The van der Waals surface area contributed by atoms with Gasteiger partial charge in [0.15, 0.2) is 5.16 Å². The Bertz CT molecular complexity index is 640. The molecule has 1 aromatic heterocycles. The summed E-state index contributed by atoms with van der Waals surface area (Å²) in [6, 6.07) is 7.72. The Morgan fingerprint density at radius 2 is 2.04 bits per heavy atom. The summed E-state index contributed by atoms with van der Waals surface area (Å²) < 4.78 is 0. The molecule has 2 aromatic rings. The summed E-state index contributed by atoms with van der Waals surface area (Å²) in [5, 5.41) is 13.8. The van der Waals surface area contributed by atoms with E-state index in [2.05, 4.69) is 30.7 Å². The minimum absolute atomic E-state index is 0.00486. The lowest BCUT2D eigenvalue weighted by molar-refractivity contribution is 0.0951. The minimum atomic E-state index is -0.00486. The van der Waals surface area contributed by atoms with Gasteiger partial charge in [0.25, 0.3) is 5.91 Å². The molecule has 1 fully saturated rings. The lowest BCUT2D eigenvalue weighted by Crippen LogP contribution is -2.44. The molecule has 3 N–H and O–H groups in total. The molecule has 1 amide bonds. The fraction of sp³-hybridized carbons (Fsp3) is 0.471. The fourth-order valence-corrected chi connectivity index (χ4v) is 3.44. The van der Waals surface area contributed by atoms with Crippen LogP contribution in [0.3, 0.4) is 0 Å². The van der Waals surface area contributed by atoms with Crippen LogP contribution in [0.15, 0.2) is 35.7 Å². The quantitative estimate of drug-likeness (QED) is 0.483. The number of H-pyrrole nitrogens is 1. The van der Waals surface area contributed by atoms with Gasteiger partial charge in [0.1, 0.15) is 6.33 Å². The molecule has 0 aliphatic carbocycles. The van der Waals surface area contributed by atoms with E-state index in [0.29, 0.717) is 12.1 Å². The summed E-state index contributed by atoms with van der Waals surface area (Å²) in [7, 11) is 0. The second-order valence-corrected chi connectivity index (χ2v) is 6.94. The molecule has 0 unspecified atom stereocenters. The Labute approximate surface area is 152 Å². The first-order valence-electron chi connectivity index (χ1n) is 8.59. The van der Waals surface area contributed by atoms with Crippen molar-refractivity contribution in [2.45, 2.75) is 17.3 Å². The number of hydrogen-bond donors (Lipinski definition) is 3. The van der Waals surface area contributed by atoms with Crippen LogP contribution in [0.2, 0.25) is 0 Å². The van der Waals surface area contributed by atoms with Crippen molar-refractivity contribution in [3.05, 3.63) is 41.7 Å². The predicted molar refractivity (Wildman–Crippen MR) is 98.6 cm³/mol. The van der Waals surface area contributed by atoms with E-state index < -0.39 is 0 Å². The smallest absolute Gasteiger partial charge is 0.251 e. The molecular formula is C17H24N6OS. The van der Waals surface area contributed by atoms with Gasteiger partial charge in [0.2, 0.25) is 0 Å². The van der Waals surface area contributed by atoms with Crippen molar-refractivity contribution in [1.82, 2.24) is 30.7 Å². The second kappa shape index (κ2) is 9.55. The van der Waals surface area contributed by atoms with Gasteiger partial charge < -0.3 is 15.5 Å². The number of piperazine rings is 1. The van der Waals surface area contributed by atoms with Gasteiger partial charge in [0, 0.05) is 44.0 Å². The third kappa shape index (κ3) is 5.84. The van der Waals surface area contributed by atoms with Gasteiger partial charge in [-0.05, 0) is 30.7 Å². The number of amides is 1. The van der Waals surface area contributed by atoms with Crippen molar-refractivity contribution in [2.24, 2.45) is 0 Å². The summed E-state index contributed by atoms with van der Waals surface area (Å²) in [5.74, 6) is 0.789. The van der Waals surface area contributed by atoms with Gasteiger partial charge in [0.05, 0.1) is 0 Å². The molecule has 2 heterocycles. The van der Waals surface area contributed by atoms with Crippen molar-refractivity contribution in [3.8, 4) is 0 Å². The number of aromatic amines is 1. The Morgan fingerprint density at radius 3 is 2.76 bits per heavy atom. The fourth-order valence-electron chi connectivity index (χ4n) is 2.71. The third-order valence-corrected chi connectivity index (χ3v) is 5.08. The molecule has 3 rings (SSSR count). The van der Waals surface area contributed by atoms with E-state index in [0.717, 1.165) is 55.6 Å². The van der Waals surface area contributed by atoms with Crippen molar-refractivity contribution >= 4 is 17.7 Å². The van der Waals surface area contributed by atoms with E-state index in [1.165, 1.54) is 6.33 Å². The van der Waals surface area contributed by atoms with Crippen LogP contribution in [0.1, 0.15) is 22.3 Å². The Hall–Kier alpha value is -1.90. The molecule has 1 aliphatic rings. The van der Waals surface area contributed by atoms with Gasteiger partial charge in [-0.15, -0.1) is 0 Å². The zero-order valence-corrected chi connectivity index (χ0v) is 15.0. The third-order valence-electron chi connectivity index (χ3n) is 4.13. The predicted octanol–water partition coefficient (Wildman–Crippen LogP) is 1.12. The van der Waals surface area contributed by atoms with Crippen LogP contribution in [0.5, 0.6) is 0 Å². The number of hydrogen-bond acceptors (Lipinski definition) is 6. The molecule has 0 saturated carbocycles. The number of nitrogens with zero attached hydrogens (tertiary/aromatic N) is 3. The van der Waals surface area contributed by atoms with Crippen LogP contribution in [0.25, 0.3) is 0 Å². The highest BCUT2D eigenvalue weighted by atomic mass is 32.2. The Morgan fingerprint density at radius 1 is 1.24 bits per heavy atom. The van der Waals surface area contributed by atoms with Crippen LogP contribution in [0, 0.1) is 0 Å². The number of rotatable bonds is 8. The summed E-state index contributed by atoms with van der Waals surface area (Å²) in [6.07, 6.45) is 2.48. The number of aromatic nitrogens is 3. The summed E-state index contributed by atoms with van der Waals surface area (Å²) >= 11 is 1.59. The molecule has 0 radical (unpaired) electrons. The lowest BCUT2D eigenvalue weighted by Gasteiger charge is -2.27. The van der Waals surface area contributed by atoms with Gasteiger partial charge in [-0.3, -0.25) is 9.89 Å². The molecule has 1 aliphatic heterocycles. The normalized spacial score (nSPS) is 15.2. The summed E-state index contributed by atoms with van der Waals surface area (Å²) in [4.78, 5) is 18.7. The Kier molecular flexibility index (Phi) is 6.84. The van der Waals surface area contributed by atoms with Gasteiger partial charge in [-0.25, -0.2) is 4.98 Å². The standard InChI is InChI=1S/C17H24N6OS/c24-16(19-6-1-9-23-10-7-18-8-11-23)15-4-2-14(3-5-15)12-25-17-20-13-21-22-17/h2-5,13,18H,1,6-12H2,(H,19,24)(H,20,21,22). The van der Waals surface area contributed by atoms with Crippen molar-refractivity contribution < 1.29 is 4.79 Å². The monoisotopic (exact) mass is 360 g/mol. The van der Waals surface area contributed by atoms with E-state index in [1.54, 1.807) is 11.8 Å². The number of carbonyl (C=O) groups is 1. The van der Waals surface area contributed by atoms with Gasteiger partial charge in [-0.2, -0.15) is 5.10 Å². The van der Waals surface area contributed by atoms with E-state index in [4.69, 9.17) is 0 Å². The van der Waals surface area contributed by atoms with Crippen LogP contribution < -0.4 is 10.6 Å². The van der Waals surface area contributed by atoms with E-state index in [9.17, 15) is 4.79 Å². The molecule has 1 saturated heterocycles. The molecule has 8 heteroatoms. The van der Waals surface area contributed by atoms with Crippen LogP contribution in [-0.2, 0) is 5.75 Å². The lowest BCUT2D eigenvalue weighted by atomic mass is 10.1.